The second-order valence-corrected chi connectivity index (χ2v) is 6.83. The Labute approximate surface area is 164 Å². The Balaban J connectivity index is 1.86. The fourth-order valence-electron chi connectivity index (χ4n) is 3.04. The van der Waals surface area contributed by atoms with Crippen molar-refractivity contribution in [2.45, 2.75) is 26.9 Å². The number of hydrogen-bond donors (Lipinski definition) is 2. The van der Waals surface area contributed by atoms with Gasteiger partial charge in [0.15, 0.2) is 0 Å². The van der Waals surface area contributed by atoms with Crippen molar-refractivity contribution in [3.63, 3.8) is 0 Å². The van der Waals surface area contributed by atoms with Crippen LogP contribution in [0.5, 0.6) is 0 Å². The summed E-state index contributed by atoms with van der Waals surface area (Å²) in [6.45, 7) is 8.67. The Kier molecular flexibility index (Phi) is 6.19. The first-order valence-electron chi connectivity index (χ1n) is 9.26. The summed E-state index contributed by atoms with van der Waals surface area (Å²) in [6.07, 6.45) is -0.582. The van der Waals surface area contributed by atoms with Crippen LogP contribution in [-0.2, 0) is 0 Å². The number of aryl methyl sites for hydroxylation is 1. The first-order valence-corrected chi connectivity index (χ1v) is 9.80. The molecule has 1 unspecified atom stereocenters. The number of rotatable bonds is 8. The van der Waals surface area contributed by atoms with E-state index in [1.54, 1.807) is 4.80 Å². The summed E-state index contributed by atoms with van der Waals surface area (Å²) in [5.74, 6) is 0.202. The van der Waals surface area contributed by atoms with Crippen LogP contribution in [0, 0.1) is 6.92 Å². The normalized spacial score (nSPS) is 12.3. The van der Waals surface area contributed by atoms with Crippen LogP contribution in [0.3, 0.4) is 0 Å². The second kappa shape index (κ2) is 8.59. The molecule has 0 spiro atoms. The maximum Gasteiger partial charge on any atom is 0.115 e. The van der Waals surface area contributed by atoms with Crippen molar-refractivity contribution in [1.82, 2.24) is 15.0 Å². The maximum absolute atomic E-state index is 9.64. The van der Waals surface area contributed by atoms with E-state index in [-0.39, 0.29) is 5.88 Å². The maximum atomic E-state index is 9.64. The van der Waals surface area contributed by atoms with E-state index in [4.69, 9.17) is 11.6 Å². The zero-order chi connectivity index (χ0) is 19.4. The highest BCUT2D eigenvalue weighted by atomic mass is 35.5. The Hall–Kier alpha value is -2.31. The molecule has 7 heteroatoms. The highest BCUT2D eigenvalue weighted by molar-refractivity contribution is 6.18. The van der Waals surface area contributed by atoms with Gasteiger partial charge in [-0.2, -0.15) is 4.80 Å². The highest BCUT2D eigenvalue weighted by Crippen LogP contribution is 2.23. The van der Waals surface area contributed by atoms with Crippen LogP contribution >= 0.6 is 11.6 Å². The van der Waals surface area contributed by atoms with E-state index in [1.807, 2.05) is 31.2 Å². The minimum absolute atomic E-state index is 0.202. The molecule has 1 heterocycles. The molecule has 1 atom stereocenters. The van der Waals surface area contributed by atoms with Gasteiger partial charge in [-0.15, -0.1) is 21.8 Å². The number of hydrogen-bond acceptors (Lipinski definition) is 5. The van der Waals surface area contributed by atoms with Crippen molar-refractivity contribution in [3.8, 4) is 5.69 Å². The fraction of sp³-hybridized carbons (Fsp3) is 0.400. The molecule has 0 amide bonds. The number of fused-ring (bicyclic) bond motifs is 1. The lowest BCUT2D eigenvalue weighted by molar-refractivity contribution is 0.211. The van der Waals surface area contributed by atoms with Crippen LogP contribution in [0.2, 0.25) is 0 Å². The standard InChI is InChI=1S/C20H26ClN5O/c1-4-25(5-2)15-6-8-16(9-7-15)26-23-19-10-14(3)18(11-20(19)24-26)22-13-17(27)12-21/h6-11,17,22,27H,4-5,12-13H2,1-3H3. The number of nitrogens with one attached hydrogen (secondary N) is 1. The molecular formula is C20H26ClN5O. The molecule has 3 aromatic rings. The van der Waals surface area contributed by atoms with Crippen molar-refractivity contribution in [2.75, 3.05) is 35.7 Å². The van der Waals surface area contributed by atoms with Gasteiger partial charge < -0.3 is 15.3 Å². The molecule has 2 aromatic carbocycles. The molecule has 0 fully saturated rings. The lowest BCUT2D eigenvalue weighted by Crippen LogP contribution is -2.21. The molecule has 1 aromatic heterocycles. The van der Waals surface area contributed by atoms with Gasteiger partial charge in [0, 0.05) is 31.0 Å². The van der Waals surface area contributed by atoms with E-state index >= 15 is 0 Å². The molecule has 6 nitrogen and oxygen atoms in total. The van der Waals surface area contributed by atoms with Crippen LogP contribution in [-0.4, -0.2) is 51.7 Å². The molecule has 27 heavy (non-hydrogen) atoms. The summed E-state index contributed by atoms with van der Waals surface area (Å²) < 4.78 is 0. The van der Waals surface area contributed by atoms with E-state index in [1.165, 1.54) is 5.69 Å². The van der Waals surface area contributed by atoms with Crippen LogP contribution in [0.4, 0.5) is 11.4 Å². The second-order valence-electron chi connectivity index (χ2n) is 6.52. The number of aliphatic hydroxyl groups excluding tert-OH is 1. The molecule has 0 aliphatic carbocycles. The smallest absolute Gasteiger partial charge is 0.115 e. The lowest BCUT2D eigenvalue weighted by atomic mass is 10.1. The van der Waals surface area contributed by atoms with Crippen LogP contribution in [0.1, 0.15) is 19.4 Å². The minimum Gasteiger partial charge on any atom is -0.390 e. The van der Waals surface area contributed by atoms with E-state index in [9.17, 15) is 5.11 Å². The SMILES string of the molecule is CCN(CC)c1ccc(-n2nc3cc(C)c(NCC(O)CCl)cc3n2)cc1. The van der Waals surface area contributed by atoms with Gasteiger partial charge in [-0.25, -0.2) is 0 Å². The summed E-state index contributed by atoms with van der Waals surface area (Å²) in [6, 6.07) is 12.2. The summed E-state index contributed by atoms with van der Waals surface area (Å²) >= 11 is 5.65. The number of aromatic nitrogens is 3. The van der Waals surface area contributed by atoms with E-state index < -0.39 is 6.10 Å². The van der Waals surface area contributed by atoms with Gasteiger partial charge in [0.1, 0.15) is 11.0 Å². The van der Waals surface area contributed by atoms with Crippen LogP contribution < -0.4 is 10.2 Å². The third-order valence-electron chi connectivity index (χ3n) is 4.64. The molecular weight excluding hydrogens is 362 g/mol. The molecule has 0 bridgehead atoms. The van der Waals surface area contributed by atoms with Crippen molar-refractivity contribution in [1.29, 1.82) is 0 Å². The van der Waals surface area contributed by atoms with Gasteiger partial charge >= 0.3 is 0 Å². The predicted octanol–water partition coefficient (Wildman–Crippen LogP) is 3.59. The monoisotopic (exact) mass is 387 g/mol. The van der Waals surface area contributed by atoms with E-state index in [0.29, 0.717) is 6.54 Å². The first kappa shape index (κ1) is 19.5. The molecule has 2 N–H and O–H groups in total. The Bertz CT molecular complexity index is 889. The number of anilines is 2. The Morgan fingerprint density at radius 2 is 1.74 bits per heavy atom. The third-order valence-corrected chi connectivity index (χ3v) is 5.00. The molecule has 0 radical (unpaired) electrons. The fourth-order valence-corrected chi connectivity index (χ4v) is 3.15. The topological polar surface area (TPSA) is 66.2 Å². The van der Waals surface area contributed by atoms with Crippen molar-refractivity contribution in [3.05, 3.63) is 42.0 Å². The van der Waals surface area contributed by atoms with Gasteiger partial charge in [0.25, 0.3) is 0 Å². The van der Waals surface area contributed by atoms with Crippen LogP contribution in [0.25, 0.3) is 16.7 Å². The Morgan fingerprint density at radius 1 is 1.11 bits per heavy atom. The van der Waals surface area contributed by atoms with E-state index in [0.717, 1.165) is 41.1 Å². The van der Waals surface area contributed by atoms with Crippen molar-refractivity contribution in [2.24, 2.45) is 0 Å². The van der Waals surface area contributed by atoms with Gasteiger partial charge in [0.2, 0.25) is 0 Å². The lowest BCUT2D eigenvalue weighted by Gasteiger charge is -2.20. The number of nitrogens with zero attached hydrogens (tertiary/aromatic N) is 4. The Morgan fingerprint density at radius 3 is 2.33 bits per heavy atom. The zero-order valence-corrected chi connectivity index (χ0v) is 16.7. The summed E-state index contributed by atoms with van der Waals surface area (Å²) in [5, 5.41) is 22.1. The molecule has 0 saturated carbocycles. The third kappa shape index (κ3) is 4.34. The average molecular weight is 388 g/mol. The van der Waals surface area contributed by atoms with Gasteiger partial charge in [-0.3, -0.25) is 0 Å². The molecule has 3 rings (SSSR count). The molecule has 0 aliphatic rings. The van der Waals surface area contributed by atoms with E-state index in [2.05, 4.69) is 46.4 Å². The molecule has 0 aliphatic heterocycles. The first-order chi connectivity index (χ1) is 13.0. The predicted molar refractivity (Wildman–Crippen MR) is 112 cm³/mol. The number of benzene rings is 2. The minimum atomic E-state index is -0.582. The molecule has 0 saturated heterocycles. The zero-order valence-electron chi connectivity index (χ0n) is 16.0. The van der Waals surface area contributed by atoms with Gasteiger partial charge in [0.05, 0.1) is 17.7 Å². The number of aliphatic hydroxyl groups is 1. The highest BCUT2D eigenvalue weighted by Gasteiger charge is 2.10. The van der Waals surface area contributed by atoms with Crippen molar-refractivity contribution < 1.29 is 5.11 Å². The van der Waals surface area contributed by atoms with Gasteiger partial charge in [-0.05, 0) is 62.7 Å². The van der Waals surface area contributed by atoms with Crippen molar-refractivity contribution >= 4 is 34.0 Å². The quantitative estimate of drug-likeness (QED) is 0.578. The summed E-state index contributed by atoms with van der Waals surface area (Å²) in [7, 11) is 0. The number of halogens is 1. The van der Waals surface area contributed by atoms with Gasteiger partial charge in [-0.1, -0.05) is 0 Å². The summed E-state index contributed by atoms with van der Waals surface area (Å²) in [4.78, 5) is 3.96. The summed E-state index contributed by atoms with van der Waals surface area (Å²) in [5.41, 5.74) is 5.73. The number of alkyl halides is 1. The average Bonchev–Trinajstić information content (AvgIpc) is 3.10. The molecule has 144 valence electrons. The largest absolute Gasteiger partial charge is 0.390 e. The van der Waals surface area contributed by atoms with Crippen LogP contribution in [0.15, 0.2) is 36.4 Å².